The lowest BCUT2D eigenvalue weighted by atomic mass is 10.3. The van der Waals surface area contributed by atoms with E-state index in [9.17, 15) is 13.2 Å². The molecule has 1 aliphatic rings. The first-order valence-corrected chi connectivity index (χ1v) is 12.1. The van der Waals surface area contributed by atoms with Crippen LogP contribution in [0.3, 0.4) is 0 Å². The lowest BCUT2D eigenvalue weighted by Gasteiger charge is -2.33. The predicted octanol–water partition coefficient (Wildman–Crippen LogP) is 2.41. The van der Waals surface area contributed by atoms with E-state index in [1.54, 1.807) is 41.6 Å². The number of amides is 1. The molecule has 0 radical (unpaired) electrons. The zero-order valence-electron chi connectivity index (χ0n) is 16.2. The summed E-state index contributed by atoms with van der Waals surface area (Å²) in [5.74, 6) is 0.345. The van der Waals surface area contributed by atoms with Gasteiger partial charge in [0.2, 0.25) is 21.8 Å². The first-order chi connectivity index (χ1) is 14.9. The molecule has 9 nitrogen and oxygen atoms in total. The molecule has 3 heterocycles. The van der Waals surface area contributed by atoms with Crippen molar-refractivity contribution in [2.24, 2.45) is 0 Å². The molecule has 1 fully saturated rings. The summed E-state index contributed by atoms with van der Waals surface area (Å²) in [5.41, 5.74) is 0.700. The van der Waals surface area contributed by atoms with E-state index in [2.05, 4.69) is 15.2 Å². The fourth-order valence-electron chi connectivity index (χ4n) is 3.02. The van der Waals surface area contributed by atoms with Gasteiger partial charge >= 0.3 is 0 Å². The summed E-state index contributed by atoms with van der Waals surface area (Å²) in [5, 5.41) is 8.67. The number of nitrogens with zero attached hydrogens (tertiary/aromatic N) is 5. The Morgan fingerprint density at radius 3 is 2.52 bits per heavy atom. The molecule has 1 aliphatic heterocycles. The molecule has 0 unspecified atom stereocenters. The number of hydrogen-bond acceptors (Lipinski definition) is 8. The maximum Gasteiger partial charge on any atom is 0.277 e. The van der Waals surface area contributed by atoms with Gasteiger partial charge in [0.25, 0.3) is 5.22 Å². The Morgan fingerprint density at radius 1 is 1.10 bits per heavy atom. The maximum absolute atomic E-state index is 12.7. The van der Waals surface area contributed by atoms with Gasteiger partial charge in [0, 0.05) is 43.6 Å². The van der Waals surface area contributed by atoms with E-state index in [1.165, 1.54) is 16.4 Å². The second kappa shape index (κ2) is 9.35. The van der Waals surface area contributed by atoms with Gasteiger partial charge in [0.15, 0.2) is 0 Å². The summed E-state index contributed by atoms with van der Waals surface area (Å²) in [6.07, 6.45) is 3.26. The number of carbonyl (C=O) groups excluding carboxylic acids is 1. The SMILES string of the molecule is O=C(CSc1nnc(-c2cccnc2)o1)N1CCN(S(=O)(=O)c2ccc(Cl)cc2)CC1. The van der Waals surface area contributed by atoms with E-state index >= 15 is 0 Å². The van der Waals surface area contributed by atoms with Crippen molar-refractivity contribution in [3.8, 4) is 11.5 Å². The summed E-state index contributed by atoms with van der Waals surface area (Å²) >= 11 is 6.98. The van der Waals surface area contributed by atoms with Gasteiger partial charge in [-0.3, -0.25) is 9.78 Å². The van der Waals surface area contributed by atoms with Gasteiger partial charge in [-0.15, -0.1) is 10.2 Å². The Labute approximate surface area is 188 Å². The first kappa shape index (κ1) is 21.8. The summed E-state index contributed by atoms with van der Waals surface area (Å²) in [6, 6.07) is 9.62. The lowest BCUT2D eigenvalue weighted by molar-refractivity contribution is -0.129. The molecule has 0 spiro atoms. The van der Waals surface area contributed by atoms with E-state index in [0.717, 1.165) is 11.8 Å². The Bertz CT molecular complexity index is 1150. The van der Waals surface area contributed by atoms with Gasteiger partial charge in [-0.2, -0.15) is 4.31 Å². The van der Waals surface area contributed by atoms with Crippen LogP contribution in [0.5, 0.6) is 0 Å². The van der Waals surface area contributed by atoms with Crippen molar-refractivity contribution in [1.82, 2.24) is 24.4 Å². The van der Waals surface area contributed by atoms with Crippen LogP contribution in [-0.4, -0.2) is 70.6 Å². The molecule has 1 saturated heterocycles. The summed E-state index contributed by atoms with van der Waals surface area (Å²) < 4.78 is 32.4. The number of aromatic nitrogens is 3. The van der Waals surface area contributed by atoms with Gasteiger partial charge < -0.3 is 9.32 Å². The highest BCUT2D eigenvalue weighted by Gasteiger charge is 2.30. The van der Waals surface area contributed by atoms with Crippen LogP contribution in [0, 0.1) is 0 Å². The Morgan fingerprint density at radius 2 is 1.84 bits per heavy atom. The summed E-state index contributed by atoms with van der Waals surface area (Å²) in [4.78, 5) is 18.4. The van der Waals surface area contributed by atoms with E-state index in [-0.39, 0.29) is 34.9 Å². The van der Waals surface area contributed by atoms with Crippen LogP contribution in [-0.2, 0) is 14.8 Å². The second-order valence-electron chi connectivity index (χ2n) is 6.64. The van der Waals surface area contributed by atoms with Gasteiger partial charge in [-0.05, 0) is 36.4 Å². The fraction of sp³-hybridized carbons (Fsp3) is 0.263. The zero-order valence-corrected chi connectivity index (χ0v) is 18.6. The van der Waals surface area contributed by atoms with Crippen LogP contribution in [0.4, 0.5) is 0 Å². The number of thioether (sulfide) groups is 1. The van der Waals surface area contributed by atoms with Crippen LogP contribution in [0.15, 0.2) is 63.3 Å². The van der Waals surface area contributed by atoms with Crippen LogP contribution in [0.1, 0.15) is 0 Å². The number of sulfonamides is 1. The van der Waals surface area contributed by atoms with E-state index in [4.69, 9.17) is 16.0 Å². The molecule has 1 amide bonds. The number of benzene rings is 1. The van der Waals surface area contributed by atoms with Crippen molar-refractivity contribution in [1.29, 1.82) is 0 Å². The number of carbonyl (C=O) groups is 1. The van der Waals surface area contributed by atoms with Crippen molar-refractivity contribution in [3.63, 3.8) is 0 Å². The highest BCUT2D eigenvalue weighted by Crippen LogP contribution is 2.23. The Hall–Kier alpha value is -2.47. The molecule has 0 saturated carbocycles. The van der Waals surface area contributed by atoms with Crippen molar-refractivity contribution in [3.05, 3.63) is 53.8 Å². The molecule has 1 aromatic carbocycles. The molecule has 2 aromatic heterocycles. The Kier molecular flexibility index (Phi) is 6.56. The number of rotatable bonds is 6. The minimum atomic E-state index is -3.61. The van der Waals surface area contributed by atoms with Crippen molar-refractivity contribution in [2.75, 3.05) is 31.9 Å². The van der Waals surface area contributed by atoms with Crippen LogP contribution in [0.2, 0.25) is 5.02 Å². The number of hydrogen-bond donors (Lipinski definition) is 0. The molecule has 4 rings (SSSR count). The average Bonchev–Trinajstić information content (AvgIpc) is 3.27. The van der Waals surface area contributed by atoms with Crippen LogP contribution >= 0.6 is 23.4 Å². The quantitative estimate of drug-likeness (QED) is 0.496. The number of pyridine rings is 1. The topological polar surface area (TPSA) is 109 Å². The van der Waals surface area contributed by atoms with Crippen LogP contribution < -0.4 is 0 Å². The minimum Gasteiger partial charge on any atom is -0.411 e. The summed E-state index contributed by atoms with van der Waals surface area (Å²) in [6.45, 7) is 1.09. The van der Waals surface area contributed by atoms with Crippen LogP contribution in [0.25, 0.3) is 11.5 Å². The zero-order chi connectivity index (χ0) is 21.8. The molecule has 0 bridgehead atoms. The van der Waals surface area contributed by atoms with E-state index in [1.807, 2.05) is 0 Å². The standard InChI is InChI=1S/C19H18ClN5O4S2/c20-15-3-5-16(6-4-15)31(27,28)25-10-8-24(9-11-25)17(26)13-30-19-23-22-18(29-19)14-2-1-7-21-12-14/h1-7,12H,8-11,13H2. The van der Waals surface area contributed by atoms with E-state index in [0.29, 0.717) is 29.6 Å². The third-order valence-corrected chi connectivity index (χ3v) is 7.64. The van der Waals surface area contributed by atoms with Gasteiger partial charge in [-0.1, -0.05) is 23.4 Å². The number of halogens is 1. The maximum atomic E-state index is 12.7. The monoisotopic (exact) mass is 479 g/mol. The molecule has 162 valence electrons. The fourth-order valence-corrected chi connectivity index (χ4v) is 5.24. The third-order valence-electron chi connectivity index (χ3n) is 4.68. The van der Waals surface area contributed by atoms with Crippen molar-refractivity contribution in [2.45, 2.75) is 10.1 Å². The largest absolute Gasteiger partial charge is 0.411 e. The average molecular weight is 480 g/mol. The molecule has 31 heavy (non-hydrogen) atoms. The Balaban J connectivity index is 1.30. The van der Waals surface area contributed by atoms with Crippen molar-refractivity contribution >= 4 is 39.3 Å². The molecule has 0 aliphatic carbocycles. The highest BCUT2D eigenvalue weighted by molar-refractivity contribution is 7.99. The van der Waals surface area contributed by atoms with Crippen molar-refractivity contribution < 1.29 is 17.6 Å². The molecular weight excluding hydrogens is 462 g/mol. The molecule has 0 atom stereocenters. The smallest absolute Gasteiger partial charge is 0.277 e. The van der Waals surface area contributed by atoms with Gasteiger partial charge in [0.1, 0.15) is 0 Å². The van der Waals surface area contributed by atoms with Gasteiger partial charge in [-0.25, -0.2) is 8.42 Å². The van der Waals surface area contributed by atoms with E-state index < -0.39 is 10.0 Å². The normalized spacial score (nSPS) is 15.2. The molecular formula is C19H18ClN5O4S2. The first-order valence-electron chi connectivity index (χ1n) is 9.34. The molecule has 3 aromatic rings. The summed E-state index contributed by atoms with van der Waals surface area (Å²) in [7, 11) is -3.61. The number of piperazine rings is 1. The molecule has 0 N–H and O–H groups in total. The van der Waals surface area contributed by atoms with Gasteiger partial charge in [0.05, 0.1) is 16.2 Å². The molecule has 12 heteroatoms. The lowest BCUT2D eigenvalue weighted by Crippen LogP contribution is -2.50. The second-order valence-corrected chi connectivity index (χ2v) is 9.94. The predicted molar refractivity (Wildman–Crippen MR) is 115 cm³/mol. The third kappa shape index (κ3) is 5.06. The highest BCUT2D eigenvalue weighted by atomic mass is 35.5. The minimum absolute atomic E-state index is 0.116.